The third-order valence-electron chi connectivity index (χ3n) is 5.01. The maximum Gasteiger partial charge on any atom is 0.258 e. The molecule has 0 saturated heterocycles. The fourth-order valence-corrected chi connectivity index (χ4v) is 3.42. The van der Waals surface area contributed by atoms with Crippen LogP contribution in [0.1, 0.15) is 41.8 Å². The molecule has 150 valence electrons. The Balaban J connectivity index is 1.58. The van der Waals surface area contributed by atoms with Gasteiger partial charge in [0.15, 0.2) is 0 Å². The number of benzene rings is 2. The van der Waals surface area contributed by atoms with Crippen molar-refractivity contribution in [3.63, 3.8) is 0 Å². The van der Waals surface area contributed by atoms with Crippen LogP contribution in [-0.4, -0.2) is 40.6 Å². The molecule has 2 aromatic rings. The molecule has 3 rings (SSSR count). The molecule has 0 spiro atoms. The van der Waals surface area contributed by atoms with Crippen LogP contribution >= 0.6 is 0 Å². The third kappa shape index (κ3) is 4.54. The number of nitrogens with zero attached hydrogens (tertiary/aromatic N) is 2. The molecular formula is C23H25N3O3. The van der Waals surface area contributed by atoms with Gasteiger partial charge in [-0.3, -0.25) is 14.4 Å². The summed E-state index contributed by atoms with van der Waals surface area (Å²) in [6.07, 6.45) is 0.164. The lowest BCUT2D eigenvalue weighted by molar-refractivity contribution is -0.129. The molecule has 6 nitrogen and oxygen atoms in total. The minimum absolute atomic E-state index is 0.0124. The van der Waals surface area contributed by atoms with Gasteiger partial charge in [-0.25, -0.2) is 0 Å². The van der Waals surface area contributed by atoms with Crippen LogP contribution in [0.3, 0.4) is 0 Å². The lowest BCUT2D eigenvalue weighted by Gasteiger charge is -2.19. The molecule has 3 amide bonds. The van der Waals surface area contributed by atoms with E-state index >= 15 is 0 Å². The first-order valence-electron chi connectivity index (χ1n) is 9.65. The molecule has 0 fully saturated rings. The molecule has 0 aliphatic carbocycles. The highest BCUT2D eigenvalue weighted by Crippen LogP contribution is 2.31. The Kier molecular flexibility index (Phi) is 6.12. The molecule has 0 radical (unpaired) electrons. The van der Waals surface area contributed by atoms with E-state index in [4.69, 9.17) is 0 Å². The first-order valence-corrected chi connectivity index (χ1v) is 9.65. The predicted octanol–water partition coefficient (Wildman–Crippen LogP) is 3.51. The smallest absolute Gasteiger partial charge is 0.258 e. The Hall–Kier alpha value is -3.41. The van der Waals surface area contributed by atoms with Crippen LogP contribution in [0.5, 0.6) is 0 Å². The molecule has 0 atom stereocenters. The molecule has 1 aliphatic rings. The molecule has 0 unspecified atom stereocenters. The summed E-state index contributed by atoms with van der Waals surface area (Å²) in [6.45, 7) is 8.86. The van der Waals surface area contributed by atoms with Gasteiger partial charge in [-0.1, -0.05) is 36.9 Å². The summed E-state index contributed by atoms with van der Waals surface area (Å²) in [5.41, 5.74) is 3.68. The lowest BCUT2D eigenvalue weighted by Crippen LogP contribution is -2.28. The second-order valence-electron chi connectivity index (χ2n) is 6.98. The topological polar surface area (TPSA) is 69.7 Å². The van der Waals surface area contributed by atoms with E-state index in [0.717, 1.165) is 11.1 Å². The van der Waals surface area contributed by atoms with E-state index in [9.17, 15) is 14.4 Å². The summed E-state index contributed by atoms with van der Waals surface area (Å²) < 4.78 is 0. The number of hydrogen-bond donors (Lipinski definition) is 1. The number of carbonyl (C=O) groups excluding carboxylic acids is 3. The molecule has 1 aliphatic heterocycles. The van der Waals surface area contributed by atoms with E-state index in [1.165, 1.54) is 0 Å². The second-order valence-corrected chi connectivity index (χ2v) is 6.98. The van der Waals surface area contributed by atoms with Crippen molar-refractivity contribution in [2.75, 3.05) is 18.4 Å². The molecule has 1 heterocycles. The third-order valence-corrected chi connectivity index (χ3v) is 5.01. The number of rotatable bonds is 7. The highest BCUT2D eigenvalue weighted by molar-refractivity contribution is 6.09. The van der Waals surface area contributed by atoms with Gasteiger partial charge in [0, 0.05) is 55.5 Å². The van der Waals surface area contributed by atoms with Gasteiger partial charge in [-0.05, 0) is 30.7 Å². The van der Waals surface area contributed by atoms with Crippen molar-refractivity contribution in [3.05, 3.63) is 71.8 Å². The summed E-state index contributed by atoms with van der Waals surface area (Å²) in [5, 5.41) is 2.87. The van der Waals surface area contributed by atoms with Crippen LogP contribution in [0.2, 0.25) is 0 Å². The monoisotopic (exact) mass is 391 g/mol. The number of amides is 3. The van der Waals surface area contributed by atoms with Crippen LogP contribution in [0.4, 0.5) is 5.69 Å². The highest BCUT2D eigenvalue weighted by Gasteiger charge is 2.30. The fourth-order valence-electron chi connectivity index (χ4n) is 3.42. The van der Waals surface area contributed by atoms with Gasteiger partial charge in [0.2, 0.25) is 11.8 Å². The quantitative estimate of drug-likeness (QED) is 0.785. The van der Waals surface area contributed by atoms with Gasteiger partial charge < -0.3 is 15.1 Å². The molecule has 2 aromatic carbocycles. The van der Waals surface area contributed by atoms with E-state index in [2.05, 4.69) is 11.9 Å². The van der Waals surface area contributed by atoms with Gasteiger partial charge in [0.05, 0.1) is 0 Å². The average molecular weight is 391 g/mol. The molecule has 1 N–H and O–H groups in total. The SMILES string of the molecule is C=C1c2ccccc2C(=O)N1CCC(=O)Nc1cccc(CN(CC)C(C)=O)c1. The number of carbonyl (C=O) groups is 3. The first kappa shape index (κ1) is 20.3. The maximum absolute atomic E-state index is 12.5. The second kappa shape index (κ2) is 8.73. The van der Waals surface area contributed by atoms with Crippen LogP contribution in [0, 0.1) is 0 Å². The normalized spacial score (nSPS) is 12.7. The summed E-state index contributed by atoms with van der Waals surface area (Å²) in [6, 6.07) is 14.8. The molecule has 0 bridgehead atoms. The number of hydrogen-bond acceptors (Lipinski definition) is 3. The van der Waals surface area contributed by atoms with Crippen LogP contribution in [-0.2, 0) is 16.1 Å². The standard InChI is InChI=1S/C23H25N3O3/c1-4-25(17(3)27)15-18-8-7-9-19(14-18)24-22(28)12-13-26-16(2)20-10-5-6-11-21(20)23(26)29/h5-11,14H,2,4,12-13,15H2,1,3H3,(H,24,28). The number of nitrogens with one attached hydrogen (secondary N) is 1. The van der Waals surface area contributed by atoms with E-state index in [1.807, 2.05) is 43.3 Å². The van der Waals surface area contributed by atoms with Crippen LogP contribution in [0.25, 0.3) is 5.70 Å². The Morgan fingerprint density at radius 1 is 1.10 bits per heavy atom. The summed E-state index contributed by atoms with van der Waals surface area (Å²) >= 11 is 0. The van der Waals surface area contributed by atoms with Crippen molar-refractivity contribution in [2.45, 2.75) is 26.8 Å². The van der Waals surface area contributed by atoms with Gasteiger partial charge in [0.1, 0.15) is 0 Å². The van der Waals surface area contributed by atoms with Crippen molar-refractivity contribution in [1.82, 2.24) is 9.80 Å². The van der Waals surface area contributed by atoms with E-state index < -0.39 is 0 Å². The summed E-state index contributed by atoms with van der Waals surface area (Å²) in [5.74, 6) is -0.291. The fraction of sp³-hybridized carbons (Fsp3) is 0.261. The van der Waals surface area contributed by atoms with Gasteiger partial charge in [0.25, 0.3) is 5.91 Å². The summed E-state index contributed by atoms with van der Waals surface area (Å²) in [4.78, 5) is 39.8. The number of anilines is 1. The Morgan fingerprint density at radius 3 is 2.48 bits per heavy atom. The van der Waals surface area contributed by atoms with Gasteiger partial charge in [-0.15, -0.1) is 0 Å². The molecule has 6 heteroatoms. The molecule has 0 aromatic heterocycles. The molecular weight excluding hydrogens is 366 g/mol. The zero-order valence-electron chi connectivity index (χ0n) is 16.8. The lowest BCUT2D eigenvalue weighted by atomic mass is 10.1. The van der Waals surface area contributed by atoms with Crippen molar-refractivity contribution < 1.29 is 14.4 Å². The Morgan fingerprint density at radius 2 is 1.83 bits per heavy atom. The van der Waals surface area contributed by atoms with Crippen molar-refractivity contribution in [3.8, 4) is 0 Å². The van der Waals surface area contributed by atoms with E-state index in [0.29, 0.717) is 30.0 Å². The maximum atomic E-state index is 12.5. The van der Waals surface area contributed by atoms with Crippen molar-refractivity contribution in [2.24, 2.45) is 0 Å². The summed E-state index contributed by atoms with van der Waals surface area (Å²) in [7, 11) is 0. The minimum Gasteiger partial charge on any atom is -0.339 e. The Labute approximate surface area is 170 Å². The predicted molar refractivity (Wildman–Crippen MR) is 113 cm³/mol. The van der Waals surface area contributed by atoms with E-state index in [1.54, 1.807) is 28.9 Å². The average Bonchev–Trinajstić information content (AvgIpc) is 2.95. The van der Waals surface area contributed by atoms with Crippen LogP contribution in [0.15, 0.2) is 55.1 Å². The number of fused-ring (bicyclic) bond motifs is 1. The van der Waals surface area contributed by atoms with E-state index in [-0.39, 0.29) is 30.7 Å². The van der Waals surface area contributed by atoms with Crippen molar-refractivity contribution in [1.29, 1.82) is 0 Å². The first-order chi connectivity index (χ1) is 13.9. The van der Waals surface area contributed by atoms with Crippen molar-refractivity contribution >= 4 is 29.1 Å². The molecule has 0 saturated carbocycles. The molecule has 29 heavy (non-hydrogen) atoms. The van der Waals surface area contributed by atoms with Gasteiger partial charge in [-0.2, -0.15) is 0 Å². The van der Waals surface area contributed by atoms with Gasteiger partial charge >= 0.3 is 0 Å². The highest BCUT2D eigenvalue weighted by atomic mass is 16.2. The minimum atomic E-state index is -0.183. The Bertz CT molecular complexity index is 932. The largest absolute Gasteiger partial charge is 0.339 e. The zero-order chi connectivity index (χ0) is 21.0. The zero-order valence-corrected chi connectivity index (χ0v) is 16.8. The van der Waals surface area contributed by atoms with Crippen LogP contribution < -0.4 is 5.32 Å².